The van der Waals surface area contributed by atoms with Gasteiger partial charge < -0.3 is 15.1 Å². The molecule has 1 aliphatic rings. The molecule has 4 rings (SSSR count). The molecular weight excluding hydrogens is 413 g/mol. The van der Waals surface area contributed by atoms with Crippen LogP contribution in [-0.4, -0.2) is 33.1 Å². The molecule has 160 valence electrons. The third-order valence-corrected chi connectivity index (χ3v) is 6.05. The van der Waals surface area contributed by atoms with Gasteiger partial charge in [0.2, 0.25) is 0 Å². The number of hydrogen-bond acceptors (Lipinski definition) is 3. The lowest BCUT2D eigenvalue weighted by molar-refractivity contribution is 0.0947. The van der Waals surface area contributed by atoms with Crippen LogP contribution in [0.3, 0.4) is 0 Å². The third-order valence-electron chi connectivity index (χ3n) is 5.74. The monoisotopic (exact) mass is 437 g/mol. The van der Waals surface area contributed by atoms with Crippen molar-refractivity contribution >= 4 is 28.9 Å². The number of carbonyl (C=O) groups excluding carboxylic acids is 1. The number of nitrogens with one attached hydrogen (secondary N) is 1. The smallest absolute Gasteiger partial charge is 0.255 e. The Balaban J connectivity index is 1.62. The average Bonchev–Trinajstić information content (AvgIpc) is 3.18. The van der Waals surface area contributed by atoms with Crippen LogP contribution < -0.4 is 15.1 Å². The molecule has 1 heterocycles. The maximum Gasteiger partial charge on any atom is 0.255 e. The van der Waals surface area contributed by atoms with E-state index in [4.69, 9.17) is 11.6 Å². The lowest BCUT2D eigenvalue weighted by Gasteiger charge is -2.31. The highest BCUT2D eigenvalue weighted by molar-refractivity contribution is 6.33. The summed E-state index contributed by atoms with van der Waals surface area (Å²) in [6.07, 6.45) is 0.954. The number of rotatable bonds is 6. The number of hydrogen-bond donors (Lipinski definition) is 1. The van der Waals surface area contributed by atoms with Crippen LogP contribution in [0, 0.1) is 5.82 Å². The molecule has 0 spiro atoms. The summed E-state index contributed by atoms with van der Waals surface area (Å²) in [4.78, 5) is 17.1. The first-order chi connectivity index (χ1) is 15.0. The van der Waals surface area contributed by atoms with E-state index in [1.54, 1.807) is 0 Å². The molecule has 1 N–H and O–H groups in total. The van der Waals surface area contributed by atoms with Crippen LogP contribution in [0.25, 0.3) is 0 Å². The van der Waals surface area contributed by atoms with Gasteiger partial charge in [0, 0.05) is 38.6 Å². The van der Waals surface area contributed by atoms with Crippen molar-refractivity contribution in [2.45, 2.75) is 12.5 Å². The van der Waals surface area contributed by atoms with E-state index in [0.29, 0.717) is 6.54 Å². The van der Waals surface area contributed by atoms with Gasteiger partial charge >= 0.3 is 0 Å². The summed E-state index contributed by atoms with van der Waals surface area (Å²) in [5.74, 6) is -1.13. The van der Waals surface area contributed by atoms with Crippen LogP contribution in [0.5, 0.6) is 0 Å². The largest absolute Gasteiger partial charge is 0.378 e. The standard InChI is InChI=1S/C25H25ClFN3O/c1-29(2)19-12-10-18(11-13-19)23(30-15-14-17-6-3-4-9-22(17)30)16-28-25(31)24-20(26)7-5-8-21(24)27/h3-13,23H,14-16H2,1-2H3,(H,28,31)/t23-/m1/s1. The van der Waals surface area contributed by atoms with Crippen LogP contribution in [0.2, 0.25) is 5.02 Å². The van der Waals surface area contributed by atoms with Gasteiger partial charge in [0.15, 0.2) is 0 Å². The summed E-state index contributed by atoms with van der Waals surface area (Å²) in [5, 5.41) is 3.02. The second-order valence-electron chi connectivity index (χ2n) is 7.88. The Kier molecular flexibility index (Phi) is 6.14. The van der Waals surface area contributed by atoms with Crippen LogP contribution in [0.4, 0.5) is 15.8 Å². The summed E-state index contributed by atoms with van der Waals surface area (Å²) in [6, 6.07) is 20.8. The van der Waals surface area contributed by atoms with Crippen LogP contribution in [0.15, 0.2) is 66.7 Å². The molecule has 6 heteroatoms. The summed E-state index contributed by atoms with van der Waals surface area (Å²) in [7, 11) is 4.00. The van der Waals surface area contributed by atoms with Gasteiger partial charge in [-0.05, 0) is 47.9 Å². The number of para-hydroxylation sites is 1. The molecule has 1 amide bonds. The molecular formula is C25H25ClFN3O. The molecule has 0 aliphatic carbocycles. The van der Waals surface area contributed by atoms with Crippen molar-refractivity contribution < 1.29 is 9.18 Å². The SMILES string of the molecule is CN(C)c1ccc([C@@H](CNC(=O)c2c(F)cccc2Cl)N2CCc3ccccc32)cc1. The van der Waals surface area contributed by atoms with Crippen molar-refractivity contribution in [1.29, 1.82) is 0 Å². The van der Waals surface area contributed by atoms with Crippen molar-refractivity contribution in [2.24, 2.45) is 0 Å². The minimum atomic E-state index is -0.622. The Morgan fingerprint density at radius 1 is 1.10 bits per heavy atom. The first-order valence-electron chi connectivity index (χ1n) is 10.3. The van der Waals surface area contributed by atoms with Crippen LogP contribution >= 0.6 is 11.6 Å². The first kappa shape index (κ1) is 21.2. The minimum absolute atomic E-state index is 0.0886. The van der Waals surface area contributed by atoms with E-state index in [1.165, 1.54) is 29.4 Å². The molecule has 1 atom stereocenters. The maximum atomic E-state index is 14.2. The Labute approximate surface area is 187 Å². The summed E-state index contributed by atoms with van der Waals surface area (Å²) < 4.78 is 14.2. The van der Waals surface area contributed by atoms with E-state index in [0.717, 1.165) is 24.2 Å². The topological polar surface area (TPSA) is 35.6 Å². The molecule has 0 saturated carbocycles. The Morgan fingerprint density at radius 3 is 2.55 bits per heavy atom. The zero-order valence-electron chi connectivity index (χ0n) is 17.6. The van der Waals surface area contributed by atoms with Gasteiger partial charge in [-0.2, -0.15) is 0 Å². The van der Waals surface area contributed by atoms with E-state index >= 15 is 0 Å². The Bertz CT molecular complexity index is 1060. The number of carbonyl (C=O) groups is 1. The van der Waals surface area contributed by atoms with Crippen LogP contribution in [-0.2, 0) is 6.42 Å². The van der Waals surface area contributed by atoms with Gasteiger partial charge in [-0.3, -0.25) is 4.79 Å². The second kappa shape index (κ2) is 8.98. The van der Waals surface area contributed by atoms with Crippen molar-refractivity contribution in [3.05, 3.63) is 94.3 Å². The lowest BCUT2D eigenvalue weighted by Crippen LogP contribution is -2.37. The summed E-state index contributed by atoms with van der Waals surface area (Å²) in [6.45, 7) is 1.19. The quantitative estimate of drug-likeness (QED) is 0.584. The van der Waals surface area contributed by atoms with E-state index in [9.17, 15) is 9.18 Å². The van der Waals surface area contributed by atoms with Crippen LogP contribution in [0.1, 0.15) is 27.5 Å². The van der Waals surface area contributed by atoms with Gasteiger partial charge in [0.25, 0.3) is 5.91 Å². The fourth-order valence-corrected chi connectivity index (χ4v) is 4.33. The number of benzene rings is 3. The number of anilines is 2. The molecule has 0 unspecified atom stereocenters. The molecule has 1 aliphatic heterocycles. The Hall–Kier alpha value is -3.05. The average molecular weight is 438 g/mol. The second-order valence-corrected chi connectivity index (χ2v) is 8.29. The van der Waals surface area contributed by atoms with Gasteiger partial charge in [-0.25, -0.2) is 4.39 Å². The summed E-state index contributed by atoms with van der Waals surface area (Å²) in [5.41, 5.74) is 4.53. The predicted molar refractivity (Wildman–Crippen MR) is 125 cm³/mol. The highest BCUT2D eigenvalue weighted by atomic mass is 35.5. The highest BCUT2D eigenvalue weighted by Crippen LogP contribution is 2.35. The minimum Gasteiger partial charge on any atom is -0.378 e. The van der Waals surface area contributed by atoms with Gasteiger partial charge in [-0.15, -0.1) is 0 Å². The van der Waals surface area contributed by atoms with E-state index in [1.807, 2.05) is 31.1 Å². The molecule has 3 aromatic carbocycles. The Morgan fingerprint density at radius 2 is 1.84 bits per heavy atom. The zero-order chi connectivity index (χ0) is 22.0. The zero-order valence-corrected chi connectivity index (χ0v) is 18.4. The van der Waals surface area contributed by atoms with E-state index < -0.39 is 11.7 Å². The fourth-order valence-electron chi connectivity index (χ4n) is 4.08. The number of fused-ring (bicyclic) bond motifs is 1. The molecule has 0 radical (unpaired) electrons. The number of amides is 1. The molecule has 3 aromatic rings. The lowest BCUT2D eigenvalue weighted by atomic mass is 10.0. The molecule has 31 heavy (non-hydrogen) atoms. The van der Waals surface area contributed by atoms with Gasteiger partial charge in [-0.1, -0.05) is 48.0 Å². The molecule has 0 aromatic heterocycles. The third kappa shape index (κ3) is 4.37. The molecule has 0 bridgehead atoms. The number of nitrogens with zero attached hydrogens (tertiary/aromatic N) is 2. The number of halogens is 2. The molecule has 0 fully saturated rings. The van der Waals surface area contributed by atoms with Gasteiger partial charge in [0.05, 0.1) is 16.6 Å². The van der Waals surface area contributed by atoms with E-state index in [2.05, 4.69) is 46.6 Å². The van der Waals surface area contributed by atoms with Crippen molar-refractivity contribution in [3.63, 3.8) is 0 Å². The van der Waals surface area contributed by atoms with Crippen molar-refractivity contribution in [2.75, 3.05) is 37.0 Å². The van der Waals surface area contributed by atoms with Crippen molar-refractivity contribution in [1.82, 2.24) is 5.32 Å². The predicted octanol–water partition coefficient (Wildman–Crippen LogP) is 5.08. The first-order valence-corrected chi connectivity index (χ1v) is 10.7. The highest BCUT2D eigenvalue weighted by Gasteiger charge is 2.28. The fraction of sp³-hybridized carbons (Fsp3) is 0.240. The van der Waals surface area contributed by atoms with E-state index in [-0.39, 0.29) is 16.6 Å². The summed E-state index contributed by atoms with van der Waals surface area (Å²) >= 11 is 6.08. The van der Waals surface area contributed by atoms with Crippen molar-refractivity contribution in [3.8, 4) is 0 Å². The molecule has 0 saturated heterocycles. The van der Waals surface area contributed by atoms with Gasteiger partial charge in [0.1, 0.15) is 5.82 Å². The molecule has 4 nitrogen and oxygen atoms in total. The normalized spacial score (nSPS) is 13.6. The maximum absolute atomic E-state index is 14.2.